The van der Waals surface area contributed by atoms with Crippen LogP contribution in [0.3, 0.4) is 0 Å². The molecule has 0 saturated heterocycles. The van der Waals surface area contributed by atoms with E-state index in [9.17, 15) is 9.18 Å². The average molecular weight is 183 g/mol. The van der Waals surface area contributed by atoms with Crippen molar-refractivity contribution in [2.75, 3.05) is 0 Å². The zero-order valence-electron chi connectivity index (χ0n) is 7.12. The molecule has 13 heavy (non-hydrogen) atoms. The number of carbonyl (C=O) groups is 1. The molecule has 0 radical (unpaired) electrons. The fraction of sp³-hybridized carbons (Fsp3) is 0.222. The highest BCUT2D eigenvalue weighted by molar-refractivity contribution is 5.88. The summed E-state index contributed by atoms with van der Waals surface area (Å²) in [7, 11) is 0. The quantitative estimate of drug-likeness (QED) is 0.731. The van der Waals surface area contributed by atoms with Crippen molar-refractivity contribution in [3.63, 3.8) is 0 Å². The maximum absolute atomic E-state index is 13.3. The molecule has 0 spiro atoms. The molecule has 0 fully saturated rings. The van der Waals surface area contributed by atoms with Gasteiger partial charge in [-0.05, 0) is 13.0 Å². The summed E-state index contributed by atoms with van der Waals surface area (Å²) in [6, 6.07) is 3.67. The van der Waals surface area contributed by atoms with Crippen molar-refractivity contribution >= 4 is 5.97 Å². The normalized spacial score (nSPS) is 12.5. The zero-order chi connectivity index (χ0) is 10.0. The first kappa shape index (κ1) is 9.67. The Bertz CT molecular complexity index is 336. The lowest BCUT2D eigenvalue weighted by Crippen LogP contribution is -2.11. The van der Waals surface area contributed by atoms with Gasteiger partial charge in [0.1, 0.15) is 5.82 Å². The monoisotopic (exact) mass is 183 g/mol. The predicted molar refractivity (Wildman–Crippen MR) is 46.0 cm³/mol. The van der Waals surface area contributed by atoms with Crippen LogP contribution in [-0.4, -0.2) is 11.1 Å². The molecule has 1 aromatic carbocycles. The first-order valence-electron chi connectivity index (χ1n) is 3.81. The van der Waals surface area contributed by atoms with Gasteiger partial charge in [0.2, 0.25) is 0 Å². The van der Waals surface area contributed by atoms with Gasteiger partial charge >= 0.3 is 5.97 Å². The number of rotatable bonds is 2. The molecule has 0 aliphatic heterocycles. The van der Waals surface area contributed by atoms with Gasteiger partial charge < -0.3 is 10.8 Å². The second kappa shape index (κ2) is 3.53. The van der Waals surface area contributed by atoms with E-state index in [1.54, 1.807) is 6.92 Å². The third-order valence-corrected chi connectivity index (χ3v) is 1.75. The summed E-state index contributed by atoms with van der Waals surface area (Å²) < 4.78 is 13.3. The number of aromatic carboxylic acids is 1. The highest BCUT2D eigenvalue weighted by atomic mass is 19.1. The van der Waals surface area contributed by atoms with Gasteiger partial charge in [0.05, 0.1) is 5.56 Å². The minimum absolute atomic E-state index is 0.222. The van der Waals surface area contributed by atoms with E-state index in [2.05, 4.69) is 0 Å². The molecule has 4 heteroatoms. The van der Waals surface area contributed by atoms with Crippen LogP contribution < -0.4 is 5.73 Å². The molecule has 0 saturated carbocycles. The van der Waals surface area contributed by atoms with E-state index >= 15 is 0 Å². The molecule has 0 heterocycles. The summed E-state index contributed by atoms with van der Waals surface area (Å²) >= 11 is 0. The maximum Gasteiger partial charge on any atom is 0.338 e. The number of nitrogens with two attached hydrogens (primary N) is 1. The third-order valence-electron chi connectivity index (χ3n) is 1.75. The van der Waals surface area contributed by atoms with Crippen molar-refractivity contribution in [3.05, 3.63) is 35.1 Å². The summed E-state index contributed by atoms with van der Waals surface area (Å²) in [5.74, 6) is -2.02. The zero-order valence-corrected chi connectivity index (χ0v) is 7.12. The van der Waals surface area contributed by atoms with Crippen molar-refractivity contribution in [1.29, 1.82) is 0 Å². The minimum Gasteiger partial charge on any atom is -0.478 e. The predicted octanol–water partition coefficient (Wildman–Crippen LogP) is 1.54. The minimum atomic E-state index is -1.28. The largest absolute Gasteiger partial charge is 0.478 e. The Kier molecular flexibility index (Phi) is 2.63. The molecule has 0 unspecified atom stereocenters. The number of carboxylic acid groups (broad SMARTS) is 1. The van der Waals surface area contributed by atoms with Crippen LogP contribution in [0.25, 0.3) is 0 Å². The van der Waals surface area contributed by atoms with Crippen LogP contribution >= 0.6 is 0 Å². The lowest BCUT2D eigenvalue weighted by atomic mass is 10.0. The average Bonchev–Trinajstić information content (AvgIpc) is 2.03. The summed E-state index contributed by atoms with van der Waals surface area (Å²) in [6.07, 6.45) is 0. The van der Waals surface area contributed by atoms with Crippen molar-refractivity contribution in [1.82, 2.24) is 0 Å². The SMILES string of the molecule is C[C@@H](N)c1cccc(C(=O)O)c1F. The fourth-order valence-electron chi connectivity index (χ4n) is 1.07. The Balaban J connectivity index is 3.26. The molecule has 0 amide bonds. The van der Waals surface area contributed by atoms with Gasteiger partial charge in [0.25, 0.3) is 0 Å². The first-order chi connectivity index (χ1) is 6.04. The van der Waals surface area contributed by atoms with Crippen LogP contribution in [0.1, 0.15) is 28.9 Å². The topological polar surface area (TPSA) is 63.3 Å². The number of carboxylic acids is 1. The van der Waals surface area contributed by atoms with Crippen LogP contribution in [0, 0.1) is 5.82 Å². The van der Waals surface area contributed by atoms with E-state index in [0.717, 1.165) is 0 Å². The molecule has 1 aromatic rings. The molecule has 3 N–H and O–H groups in total. The number of hydrogen-bond acceptors (Lipinski definition) is 2. The van der Waals surface area contributed by atoms with Gasteiger partial charge in [-0.1, -0.05) is 12.1 Å². The van der Waals surface area contributed by atoms with Crippen molar-refractivity contribution in [2.24, 2.45) is 5.73 Å². The molecule has 0 aliphatic carbocycles. The van der Waals surface area contributed by atoms with E-state index in [1.165, 1.54) is 18.2 Å². The van der Waals surface area contributed by atoms with E-state index in [0.29, 0.717) is 0 Å². The van der Waals surface area contributed by atoms with Gasteiger partial charge in [-0.25, -0.2) is 9.18 Å². The first-order valence-corrected chi connectivity index (χ1v) is 3.81. The second-order valence-corrected chi connectivity index (χ2v) is 2.80. The van der Waals surface area contributed by atoms with E-state index in [4.69, 9.17) is 10.8 Å². The van der Waals surface area contributed by atoms with Crippen LogP contribution in [-0.2, 0) is 0 Å². The molecule has 3 nitrogen and oxygen atoms in total. The smallest absolute Gasteiger partial charge is 0.338 e. The van der Waals surface area contributed by atoms with Crippen LogP contribution in [0.5, 0.6) is 0 Å². The van der Waals surface area contributed by atoms with Crippen LogP contribution in [0.2, 0.25) is 0 Å². The number of halogens is 1. The lowest BCUT2D eigenvalue weighted by Gasteiger charge is -2.08. The highest BCUT2D eigenvalue weighted by Gasteiger charge is 2.15. The van der Waals surface area contributed by atoms with Gasteiger partial charge in [-0.15, -0.1) is 0 Å². The number of hydrogen-bond donors (Lipinski definition) is 2. The molecule has 0 bridgehead atoms. The standard InChI is InChI=1S/C9H10FNO2/c1-5(11)6-3-2-4-7(8(6)10)9(12)13/h2-5H,11H2,1H3,(H,12,13)/t5-/m1/s1. The molecule has 1 rings (SSSR count). The van der Waals surface area contributed by atoms with Crippen molar-refractivity contribution in [3.8, 4) is 0 Å². The summed E-state index contributed by atoms with van der Waals surface area (Å²) in [6.45, 7) is 1.60. The molecular formula is C9H10FNO2. The van der Waals surface area contributed by atoms with E-state index < -0.39 is 17.8 Å². The van der Waals surface area contributed by atoms with Gasteiger partial charge in [-0.2, -0.15) is 0 Å². The van der Waals surface area contributed by atoms with Crippen molar-refractivity contribution in [2.45, 2.75) is 13.0 Å². The number of benzene rings is 1. The summed E-state index contributed by atoms with van der Waals surface area (Å²) in [5.41, 5.74) is 5.33. The molecule has 0 aromatic heterocycles. The molecular weight excluding hydrogens is 173 g/mol. The molecule has 1 atom stereocenters. The molecule has 0 aliphatic rings. The lowest BCUT2D eigenvalue weighted by molar-refractivity contribution is 0.0691. The summed E-state index contributed by atoms with van der Waals surface area (Å²) in [5, 5.41) is 8.59. The van der Waals surface area contributed by atoms with Gasteiger partial charge in [0.15, 0.2) is 0 Å². The van der Waals surface area contributed by atoms with E-state index in [1.807, 2.05) is 0 Å². The summed E-state index contributed by atoms with van der Waals surface area (Å²) in [4.78, 5) is 10.5. The van der Waals surface area contributed by atoms with Gasteiger partial charge in [-0.3, -0.25) is 0 Å². The van der Waals surface area contributed by atoms with Crippen LogP contribution in [0.15, 0.2) is 18.2 Å². The highest BCUT2D eigenvalue weighted by Crippen LogP contribution is 2.17. The van der Waals surface area contributed by atoms with Crippen molar-refractivity contribution < 1.29 is 14.3 Å². The van der Waals surface area contributed by atoms with Gasteiger partial charge in [0, 0.05) is 11.6 Å². The second-order valence-electron chi connectivity index (χ2n) is 2.80. The molecule has 70 valence electrons. The van der Waals surface area contributed by atoms with E-state index in [-0.39, 0.29) is 11.1 Å². The Morgan fingerprint density at radius 2 is 2.23 bits per heavy atom. The van der Waals surface area contributed by atoms with Crippen LogP contribution in [0.4, 0.5) is 4.39 Å². The maximum atomic E-state index is 13.3. The Hall–Kier alpha value is -1.42. The Labute approximate surface area is 75.0 Å². The third kappa shape index (κ3) is 1.84. The Morgan fingerprint density at radius 1 is 1.62 bits per heavy atom. The Morgan fingerprint density at radius 3 is 2.69 bits per heavy atom. The fourth-order valence-corrected chi connectivity index (χ4v) is 1.07.